The Morgan fingerprint density at radius 1 is 1.75 bits per heavy atom. The minimum absolute atomic E-state index is 0.293. The zero-order valence-electron chi connectivity index (χ0n) is 6.62. The third kappa shape index (κ3) is 1.32. The summed E-state index contributed by atoms with van der Waals surface area (Å²) in [5, 5.41) is 3.55. The largest absolute Gasteiger partial charge is 0.364 e. The summed E-state index contributed by atoms with van der Waals surface area (Å²) in [7, 11) is 0. The van der Waals surface area contributed by atoms with Gasteiger partial charge in [0.05, 0.1) is 0 Å². The van der Waals surface area contributed by atoms with Crippen molar-refractivity contribution in [1.82, 2.24) is 5.16 Å². The van der Waals surface area contributed by atoms with Crippen molar-refractivity contribution in [2.45, 2.75) is 19.3 Å². The Labute approximate surface area is 69.7 Å². The van der Waals surface area contributed by atoms with Gasteiger partial charge in [-0.2, -0.15) is 0 Å². The molecule has 0 aliphatic heterocycles. The van der Waals surface area contributed by atoms with Gasteiger partial charge in [0, 0.05) is 5.56 Å². The molecule has 0 atom stereocenters. The maximum Gasteiger partial charge on any atom is 0.271 e. The third-order valence-corrected chi connectivity index (χ3v) is 2.08. The molecule has 0 unspecified atom stereocenters. The van der Waals surface area contributed by atoms with Crippen molar-refractivity contribution in [2.24, 2.45) is 11.7 Å². The fourth-order valence-electron chi connectivity index (χ4n) is 1.24. The highest BCUT2D eigenvalue weighted by Gasteiger charge is 2.25. The fraction of sp³-hybridized carbons (Fsp3) is 0.500. The number of rotatable bonds is 3. The lowest BCUT2D eigenvalue weighted by atomic mass is 10.1. The number of hydrogen-bond acceptors (Lipinski definition) is 3. The van der Waals surface area contributed by atoms with Gasteiger partial charge in [0.1, 0.15) is 6.26 Å². The molecule has 1 amide bonds. The quantitative estimate of drug-likeness (QED) is 0.719. The summed E-state index contributed by atoms with van der Waals surface area (Å²) >= 11 is 0. The SMILES string of the molecule is NC(=O)c1nocc1CC1CC1. The Kier molecular flexibility index (Phi) is 1.60. The first kappa shape index (κ1) is 7.34. The van der Waals surface area contributed by atoms with Gasteiger partial charge in [-0.25, -0.2) is 0 Å². The summed E-state index contributed by atoms with van der Waals surface area (Å²) in [6, 6.07) is 0. The number of nitrogens with two attached hydrogens (primary N) is 1. The molecular weight excluding hydrogens is 156 g/mol. The summed E-state index contributed by atoms with van der Waals surface area (Å²) in [6.45, 7) is 0. The molecule has 4 nitrogen and oxygen atoms in total. The number of amides is 1. The first-order valence-electron chi connectivity index (χ1n) is 4.00. The topological polar surface area (TPSA) is 69.1 Å². The van der Waals surface area contributed by atoms with Crippen LogP contribution in [0.1, 0.15) is 28.9 Å². The van der Waals surface area contributed by atoms with Gasteiger partial charge in [-0.3, -0.25) is 4.79 Å². The molecule has 64 valence electrons. The van der Waals surface area contributed by atoms with E-state index in [1.54, 1.807) is 0 Å². The number of hydrogen-bond donors (Lipinski definition) is 1. The zero-order valence-corrected chi connectivity index (χ0v) is 6.62. The van der Waals surface area contributed by atoms with Gasteiger partial charge in [-0.05, 0) is 25.2 Å². The lowest BCUT2D eigenvalue weighted by Crippen LogP contribution is -2.13. The van der Waals surface area contributed by atoms with Crippen molar-refractivity contribution in [3.63, 3.8) is 0 Å². The van der Waals surface area contributed by atoms with Crippen LogP contribution in [0.25, 0.3) is 0 Å². The Balaban J connectivity index is 2.17. The predicted octanol–water partition coefficient (Wildman–Crippen LogP) is 0.726. The van der Waals surface area contributed by atoms with Crippen LogP contribution in [-0.4, -0.2) is 11.1 Å². The highest BCUT2D eigenvalue weighted by Crippen LogP contribution is 2.33. The van der Waals surface area contributed by atoms with Crippen molar-refractivity contribution >= 4 is 5.91 Å². The Bertz CT molecular complexity index is 302. The van der Waals surface area contributed by atoms with Crippen molar-refractivity contribution in [3.8, 4) is 0 Å². The van der Waals surface area contributed by atoms with E-state index in [4.69, 9.17) is 5.73 Å². The molecule has 4 heteroatoms. The molecule has 1 heterocycles. The van der Waals surface area contributed by atoms with E-state index in [2.05, 4.69) is 9.68 Å². The summed E-state index contributed by atoms with van der Waals surface area (Å²) in [5.74, 6) is 0.210. The minimum Gasteiger partial charge on any atom is -0.364 e. The number of carbonyl (C=O) groups is 1. The van der Waals surface area contributed by atoms with Crippen LogP contribution in [0.4, 0.5) is 0 Å². The normalized spacial score (nSPS) is 16.3. The highest BCUT2D eigenvalue weighted by atomic mass is 16.5. The predicted molar refractivity (Wildman–Crippen MR) is 41.4 cm³/mol. The highest BCUT2D eigenvalue weighted by molar-refractivity contribution is 5.91. The summed E-state index contributed by atoms with van der Waals surface area (Å²) < 4.78 is 4.68. The molecule has 1 fully saturated rings. The molecule has 1 aliphatic rings. The van der Waals surface area contributed by atoms with E-state index in [0.29, 0.717) is 11.6 Å². The second kappa shape index (κ2) is 2.62. The fourth-order valence-corrected chi connectivity index (χ4v) is 1.24. The van der Waals surface area contributed by atoms with E-state index >= 15 is 0 Å². The lowest BCUT2D eigenvalue weighted by Gasteiger charge is -1.93. The monoisotopic (exact) mass is 166 g/mol. The Hall–Kier alpha value is -1.32. The standard InChI is InChI=1S/C8H10N2O2/c9-8(11)7-6(4-12-10-7)3-5-1-2-5/h4-5H,1-3H2,(H2,9,11). The maximum atomic E-state index is 10.8. The molecule has 2 N–H and O–H groups in total. The number of primary amides is 1. The number of carbonyl (C=O) groups excluding carboxylic acids is 1. The van der Waals surface area contributed by atoms with E-state index in [0.717, 1.165) is 12.0 Å². The molecular formula is C8H10N2O2. The van der Waals surface area contributed by atoms with E-state index in [1.807, 2.05) is 0 Å². The van der Waals surface area contributed by atoms with Crippen LogP contribution in [0.5, 0.6) is 0 Å². The molecule has 1 aromatic heterocycles. The van der Waals surface area contributed by atoms with Crippen molar-refractivity contribution in [3.05, 3.63) is 17.5 Å². The van der Waals surface area contributed by atoms with E-state index in [9.17, 15) is 4.79 Å². The molecule has 0 spiro atoms. The van der Waals surface area contributed by atoms with E-state index < -0.39 is 5.91 Å². The molecule has 1 aliphatic carbocycles. The smallest absolute Gasteiger partial charge is 0.271 e. The average molecular weight is 166 g/mol. The Morgan fingerprint density at radius 3 is 3.08 bits per heavy atom. The van der Waals surface area contributed by atoms with Crippen LogP contribution in [0.3, 0.4) is 0 Å². The second-order valence-electron chi connectivity index (χ2n) is 3.20. The third-order valence-electron chi connectivity index (χ3n) is 2.08. The Morgan fingerprint density at radius 2 is 2.50 bits per heavy atom. The molecule has 12 heavy (non-hydrogen) atoms. The van der Waals surface area contributed by atoms with Crippen LogP contribution >= 0.6 is 0 Å². The summed E-state index contributed by atoms with van der Waals surface area (Å²) in [4.78, 5) is 10.8. The average Bonchev–Trinajstić information content (AvgIpc) is 2.66. The van der Waals surface area contributed by atoms with Gasteiger partial charge >= 0.3 is 0 Å². The van der Waals surface area contributed by atoms with Crippen molar-refractivity contribution in [2.75, 3.05) is 0 Å². The van der Waals surface area contributed by atoms with Gasteiger partial charge in [-0.15, -0.1) is 0 Å². The number of aromatic nitrogens is 1. The van der Waals surface area contributed by atoms with Crippen LogP contribution in [0, 0.1) is 5.92 Å². The maximum absolute atomic E-state index is 10.8. The van der Waals surface area contributed by atoms with Gasteiger partial charge in [0.15, 0.2) is 5.69 Å². The van der Waals surface area contributed by atoms with Crippen LogP contribution < -0.4 is 5.73 Å². The van der Waals surface area contributed by atoms with Gasteiger partial charge in [0.25, 0.3) is 5.91 Å². The van der Waals surface area contributed by atoms with Crippen molar-refractivity contribution < 1.29 is 9.32 Å². The van der Waals surface area contributed by atoms with E-state index in [1.165, 1.54) is 19.1 Å². The van der Waals surface area contributed by atoms with E-state index in [-0.39, 0.29) is 0 Å². The first-order valence-corrected chi connectivity index (χ1v) is 4.00. The molecule has 2 rings (SSSR count). The van der Waals surface area contributed by atoms with Crippen LogP contribution in [0.2, 0.25) is 0 Å². The van der Waals surface area contributed by atoms with Gasteiger partial charge < -0.3 is 10.3 Å². The second-order valence-corrected chi connectivity index (χ2v) is 3.20. The molecule has 0 saturated heterocycles. The van der Waals surface area contributed by atoms with Crippen LogP contribution in [0.15, 0.2) is 10.8 Å². The molecule has 0 radical (unpaired) electrons. The molecule has 1 saturated carbocycles. The summed E-state index contributed by atoms with van der Waals surface area (Å²) in [5.41, 5.74) is 6.24. The molecule has 1 aromatic rings. The van der Waals surface area contributed by atoms with Gasteiger partial charge in [-0.1, -0.05) is 5.16 Å². The van der Waals surface area contributed by atoms with Gasteiger partial charge in [0.2, 0.25) is 0 Å². The molecule has 0 bridgehead atoms. The number of nitrogens with zero attached hydrogens (tertiary/aromatic N) is 1. The van der Waals surface area contributed by atoms with Crippen molar-refractivity contribution in [1.29, 1.82) is 0 Å². The first-order chi connectivity index (χ1) is 5.77. The summed E-state index contributed by atoms with van der Waals surface area (Å²) in [6.07, 6.45) is 4.87. The zero-order chi connectivity index (χ0) is 8.55. The minimum atomic E-state index is -0.501. The van der Waals surface area contributed by atoms with Crippen LogP contribution in [-0.2, 0) is 6.42 Å². The molecule has 0 aromatic carbocycles. The lowest BCUT2D eigenvalue weighted by molar-refractivity contribution is 0.0991.